The second-order valence-electron chi connectivity index (χ2n) is 5.76. The molecule has 0 amide bonds. The van der Waals surface area contributed by atoms with Crippen LogP contribution in [0.4, 0.5) is 0 Å². The summed E-state index contributed by atoms with van der Waals surface area (Å²) in [5, 5.41) is 5.34. The molecule has 1 aromatic carbocycles. The molecule has 1 atom stereocenters. The minimum absolute atomic E-state index is 0.0713. The average Bonchev–Trinajstić information content (AvgIpc) is 2.84. The van der Waals surface area contributed by atoms with Crippen LogP contribution in [0.5, 0.6) is 0 Å². The minimum atomic E-state index is -0.180. The topological polar surface area (TPSA) is 51.8 Å². The van der Waals surface area contributed by atoms with Crippen molar-refractivity contribution in [1.82, 2.24) is 9.59 Å². The van der Waals surface area contributed by atoms with Crippen LogP contribution in [0.2, 0.25) is 10.0 Å². The summed E-state index contributed by atoms with van der Waals surface area (Å²) >= 11 is 13.6. The predicted octanol–water partition coefficient (Wildman–Crippen LogP) is 4.38. The van der Waals surface area contributed by atoms with E-state index in [1.54, 1.807) is 6.07 Å². The van der Waals surface area contributed by atoms with Crippen LogP contribution in [0, 0.1) is 0 Å². The number of hydrogen-bond acceptors (Lipinski definition) is 4. The van der Waals surface area contributed by atoms with Crippen LogP contribution in [0.3, 0.4) is 0 Å². The van der Waals surface area contributed by atoms with E-state index in [1.165, 1.54) is 11.5 Å². The Morgan fingerprint density at radius 2 is 2.00 bits per heavy atom. The number of hydrogen-bond donors (Lipinski definition) is 1. The first kappa shape index (κ1) is 15.7. The summed E-state index contributed by atoms with van der Waals surface area (Å²) in [5.74, 6) is 0. The Morgan fingerprint density at radius 3 is 2.65 bits per heavy atom. The van der Waals surface area contributed by atoms with Gasteiger partial charge in [0.05, 0.1) is 20.6 Å². The van der Waals surface area contributed by atoms with Crippen molar-refractivity contribution in [3.8, 4) is 0 Å². The van der Waals surface area contributed by atoms with Crippen molar-refractivity contribution in [3.05, 3.63) is 44.4 Å². The van der Waals surface area contributed by atoms with Gasteiger partial charge in [-0.25, -0.2) is 0 Å². The average molecular weight is 330 g/mol. The number of halogens is 2. The van der Waals surface area contributed by atoms with E-state index in [2.05, 4.69) is 30.4 Å². The van der Waals surface area contributed by atoms with Gasteiger partial charge in [-0.15, -0.1) is 5.10 Å². The summed E-state index contributed by atoms with van der Waals surface area (Å²) in [6.45, 7) is 6.31. The van der Waals surface area contributed by atoms with Crippen LogP contribution < -0.4 is 5.73 Å². The zero-order chi connectivity index (χ0) is 14.9. The molecule has 3 nitrogen and oxygen atoms in total. The molecule has 2 aromatic rings. The van der Waals surface area contributed by atoms with E-state index in [9.17, 15) is 0 Å². The maximum absolute atomic E-state index is 6.32. The Hall–Kier alpha value is -0.680. The maximum atomic E-state index is 6.32. The van der Waals surface area contributed by atoms with Crippen LogP contribution in [0.15, 0.2) is 18.2 Å². The molecule has 20 heavy (non-hydrogen) atoms. The molecule has 108 valence electrons. The lowest BCUT2D eigenvalue weighted by Crippen LogP contribution is -2.20. The summed E-state index contributed by atoms with van der Waals surface area (Å²) in [6, 6.07) is 5.42. The Bertz CT molecular complexity index is 605. The van der Waals surface area contributed by atoms with Crippen molar-refractivity contribution in [2.75, 3.05) is 0 Å². The van der Waals surface area contributed by atoms with Crippen molar-refractivity contribution in [3.63, 3.8) is 0 Å². The van der Waals surface area contributed by atoms with E-state index < -0.39 is 0 Å². The fourth-order valence-electron chi connectivity index (χ4n) is 2.00. The first-order chi connectivity index (χ1) is 9.30. The van der Waals surface area contributed by atoms with Crippen LogP contribution in [0.1, 0.15) is 42.9 Å². The number of benzene rings is 1. The molecule has 2 N–H and O–H groups in total. The molecule has 0 spiro atoms. The van der Waals surface area contributed by atoms with Gasteiger partial charge in [-0.1, -0.05) is 60.6 Å². The second-order valence-corrected chi connectivity index (χ2v) is 7.33. The van der Waals surface area contributed by atoms with Gasteiger partial charge in [0.2, 0.25) is 0 Å². The zero-order valence-electron chi connectivity index (χ0n) is 11.7. The van der Waals surface area contributed by atoms with Crippen LogP contribution >= 0.6 is 34.7 Å². The van der Waals surface area contributed by atoms with Gasteiger partial charge in [0.25, 0.3) is 0 Å². The molecule has 1 aromatic heterocycles. The first-order valence-corrected chi connectivity index (χ1v) is 7.85. The standard InChI is InChI=1S/C14H17Cl2N3S/c1-14(2,3)13-12(20-19-18-13)10(17)7-8-5-4-6-9(15)11(8)16/h4-6,10H,7,17H2,1-3H3. The van der Waals surface area contributed by atoms with Gasteiger partial charge in [-0.2, -0.15) is 0 Å². The molecule has 0 saturated carbocycles. The molecule has 0 fully saturated rings. The predicted molar refractivity (Wildman–Crippen MR) is 85.7 cm³/mol. The van der Waals surface area contributed by atoms with Crippen molar-refractivity contribution >= 4 is 34.7 Å². The van der Waals surface area contributed by atoms with Crippen LogP contribution in [-0.4, -0.2) is 9.59 Å². The summed E-state index contributed by atoms with van der Waals surface area (Å²) < 4.78 is 4.04. The maximum Gasteiger partial charge on any atom is 0.0857 e. The minimum Gasteiger partial charge on any atom is -0.323 e. The Labute approximate surface area is 133 Å². The van der Waals surface area contributed by atoms with E-state index >= 15 is 0 Å². The van der Waals surface area contributed by atoms with Crippen molar-refractivity contribution in [2.24, 2.45) is 5.73 Å². The SMILES string of the molecule is CC(C)(C)c1nnsc1C(N)Cc1cccc(Cl)c1Cl. The summed E-state index contributed by atoms with van der Waals surface area (Å²) in [7, 11) is 0. The van der Waals surface area contributed by atoms with Crippen LogP contribution in [0.25, 0.3) is 0 Å². The largest absolute Gasteiger partial charge is 0.323 e. The van der Waals surface area contributed by atoms with E-state index in [0.717, 1.165) is 16.1 Å². The smallest absolute Gasteiger partial charge is 0.0857 e. The highest BCUT2D eigenvalue weighted by Gasteiger charge is 2.26. The van der Waals surface area contributed by atoms with Gasteiger partial charge in [0, 0.05) is 11.5 Å². The highest BCUT2D eigenvalue weighted by Crippen LogP contribution is 2.33. The Kier molecular flexibility index (Phi) is 4.69. The van der Waals surface area contributed by atoms with E-state index in [1.807, 2.05) is 12.1 Å². The number of nitrogens with two attached hydrogens (primary N) is 1. The number of aromatic nitrogens is 2. The van der Waals surface area contributed by atoms with E-state index in [-0.39, 0.29) is 11.5 Å². The first-order valence-electron chi connectivity index (χ1n) is 6.32. The molecule has 0 aliphatic rings. The highest BCUT2D eigenvalue weighted by molar-refractivity contribution is 7.05. The van der Waals surface area contributed by atoms with Crippen molar-refractivity contribution in [2.45, 2.75) is 38.6 Å². The fraction of sp³-hybridized carbons (Fsp3) is 0.429. The van der Waals surface area contributed by atoms with Gasteiger partial charge < -0.3 is 5.73 Å². The normalized spacial score (nSPS) is 13.5. The zero-order valence-corrected chi connectivity index (χ0v) is 14.0. The van der Waals surface area contributed by atoms with Crippen molar-refractivity contribution in [1.29, 1.82) is 0 Å². The molecule has 0 aliphatic carbocycles. The van der Waals surface area contributed by atoms with Gasteiger partial charge in [0.15, 0.2) is 0 Å². The summed E-state index contributed by atoms with van der Waals surface area (Å²) in [4.78, 5) is 1.01. The van der Waals surface area contributed by atoms with Gasteiger partial charge in [-0.05, 0) is 29.6 Å². The molecule has 0 bridgehead atoms. The third-order valence-corrected chi connectivity index (χ3v) is 4.75. The van der Waals surface area contributed by atoms with Gasteiger partial charge in [-0.3, -0.25) is 0 Å². The molecule has 0 saturated heterocycles. The quantitative estimate of drug-likeness (QED) is 0.908. The molecule has 2 rings (SSSR count). The molecule has 1 heterocycles. The monoisotopic (exact) mass is 329 g/mol. The second kappa shape index (κ2) is 5.98. The van der Waals surface area contributed by atoms with E-state index in [0.29, 0.717) is 16.5 Å². The molecule has 6 heteroatoms. The molecular formula is C14H17Cl2N3S. The molecule has 0 radical (unpaired) electrons. The van der Waals surface area contributed by atoms with Gasteiger partial charge in [0.1, 0.15) is 0 Å². The van der Waals surface area contributed by atoms with Gasteiger partial charge >= 0.3 is 0 Å². The fourth-order valence-corrected chi connectivity index (χ4v) is 3.26. The third kappa shape index (κ3) is 3.31. The number of nitrogens with zero attached hydrogens (tertiary/aromatic N) is 2. The lowest BCUT2D eigenvalue weighted by molar-refractivity contribution is 0.550. The third-order valence-electron chi connectivity index (χ3n) is 3.03. The highest BCUT2D eigenvalue weighted by atomic mass is 35.5. The van der Waals surface area contributed by atoms with Crippen LogP contribution in [-0.2, 0) is 11.8 Å². The Balaban J connectivity index is 2.27. The Morgan fingerprint density at radius 1 is 1.30 bits per heavy atom. The summed E-state index contributed by atoms with van der Waals surface area (Å²) in [5.41, 5.74) is 8.14. The molecule has 1 unspecified atom stereocenters. The summed E-state index contributed by atoms with van der Waals surface area (Å²) in [6.07, 6.45) is 0.617. The lowest BCUT2D eigenvalue weighted by atomic mass is 9.89. The molecule has 0 aliphatic heterocycles. The number of rotatable bonds is 3. The van der Waals surface area contributed by atoms with Crippen molar-refractivity contribution < 1.29 is 0 Å². The lowest BCUT2D eigenvalue weighted by Gasteiger charge is -2.19. The van der Waals surface area contributed by atoms with E-state index in [4.69, 9.17) is 28.9 Å². The molecular weight excluding hydrogens is 313 g/mol.